The SMILES string of the molecule is CCN1C(=O)C2(C(C#N)=C(N)OC(C)=C2C(=O)OCc2ccccc2)c2cc(Br)ccc21. The van der Waals surface area contributed by atoms with Gasteiger partial charge in [-0.1, -0.05) is 46.3 Å². The average Bonchev–Trinajstić information content (AvgIpc) is 3.00. The Bertz CT molecular complexity index is 1230. The molecule has 2 heterocycles. The zero-order valence-corrected chi connectivity index (χ0v) is 19.1. The topological polar surface area (TPSA) is 106 Å². The number of benzene rings is 2. The van der Waals surface area contributed by atoms with Gasteiger partial charge < -0.3 is 20.1 Å². The molecular formula is C24H20BrN3O4. The minimum atomic E-state index is -1.75. The summed E-state index contributed by atoms with van der Waals surface area (Å²) in [4.78, 5) is 28.9. The number of amides is 1. The highest BCUT2D eigenvalue weighted by Crippen LogP contribution is 2.54. The van der Waals surface area contributed by atoms with Crippen LogP contribution >= 0.6 is 15.9 Å². The van der Waals surface area contributed by atoms with Crippen LogP contribution in [-0.2, 0) is 31.1 Å². The molecular weight excluding hydrogens is 474 g/mol. The Balaban J connectivity index is 1.91. The zero-order valence-electron chi connectivity index (χ0n) is 17.5. The molecule has 2 aliphatic heterocycles. The highest BCUT2D eigenvalue weighted by atomic mass is 79.9. The molecule has 2 N–H and O–H groups in total. The van der Waals surface area contributed by atoms with E-state index in [9.17, 15) is 14.9 Å². The monoisotopic (exact) mass is 493 g/mol. The van der Waals surface area contributed by atoms with Gasteiger partial charge in [0.25, 0.3) is 0 Å². The van der Waals surface area contributed by atoms with Crippen LogP contribution in [0.5, 0.6) is 0 Å². The first-order valence-corrected chi connectivity index (χ1v) is 10.8. The van der Waals surface area contributed by atoms with E-state index in [0.717, 1.165) is 5.56 Å². The van der Waals surface area contributed by atoms with Crippen molar-refractivity contribution < 1.29 is 19.1 Å². The Morgan fingerprint density at radius 1 is 1.28 bits per heavy atom. The quantitative estimate of drug-likeness (QED) is 0.649. The molecule has 0 radical (unpaired) electrons. The summed E-state index contributed by atoms with van der Waals surface area (Å²) >= 11 is 3.44. The van der Waals surface area contributed by atoms with Crippen molar-refractivity contribution in [3.05, 3.63) is 86.9 Å². The maximum Gasteiger partial charge on any atom is 0.339 e. The number of nitrogens with zero attached hydrogens (tertiary/aromatic N) is 2. The lowest BCUT2D eigenvalue weighted by molar-refractivity contribution is -0.142. The van der Waals surface area contributed by atoms with E-state index in [1.807, 2.05) is 43.3 Å². The van der Waals surface area contributed by atoms with E-state index in [1.165, 1.54) is 4.90 Å². The summed E-state index contributed by atoms with van der Waals surface area (Å²) < 4.78 is 11.8. The molecule has 2 aromatic carbocycles. The van der Waals surface area contributed by atoms with Gasteiger partial charge >= 0.3 is 5.97 Å². The van der Waals surface area contributed by atoms with Crippen molar-refractivity contribution >= 4 is 33.5 Å². The van der Waals surface area contributed by atoms with E-state index in [2.05, 4.69) is 15.9 Å². The number of hydrogen-bond donors (Lipinski definition) is 1. The van der Waals surface area contributed by atoms with Crippen LogP contribution in [0.3, 0.4) is 0 Å². The van der Waals surface area contributed by atoms with Gasteiger partial charge in [-0.3, -0.25) is 4.79 Å². The molecule has 2 aromatic rings. The fraction of sp³-hybridized carbons (Fsp3) is 0.208. The third kappa shape index (κ3) is 3.09. The highest BCUT2D eigenvalue weighted by molar-refractivity contribution is 9.10. The number of nitriles is 1. The van der Waals surface area contributed by atoms with Gasteiger partial charge in [-0.05, 0) is 37.6 Å². The van der Waals surface area contributed by atoms with Crippen LogP contribution in [0.25, 0.3) is 0 Å². The van der Waals surface area contributed by atoms with Gasteiger partial charge in [0.05, 0.1) is 0 Å². The molecule has 0 aromatic heterocycles. The number of likely N-dealkylation sites (N-methyl/N-ethyl adjacent to an activating group) is 1. The van der Waals surface area contributed by atoms with E-state index in [0.29, 0.717) is 22.3 Å². The van der Waals surface area contributed by atoms with Gasteiger partial charge in [0.1, 0.15) is 29.6 Å². The lowest BCUT2D eigenvalue weighted by atomic mass is 9.68. The van der Waals surface area contributed by atoms with Gasteiger partial charge in [-0.15, -0.1) is 0 Å². The van der Waals surface area contributed by atoms with E-state index in [-0.39, 0.29) is 29.4 Å². The maximum atomic E-state index is 13.9. The van der Waals surface area contributed by atoms with Crippen LogP contribution < -0.4 is 10.6 Å². The van der Waals surface area contributed by atoms with E-state index in [1.54, 1.807) is 25.1 Å². The van der Waals surface area contributed by atoms with Crippen molar-refractivity contribution in [1.29, 1.82) is 5.26 Å². The molecule has 0 saturated heterocycles. The van der Waals surface area contributed by atoms with Gasteiger partial charge in [0.2, 0.25) is 11.8 Å². The normalized spacial score (nSPS) is 19.7. The molecule has 7 nitrogen and oxygen atoms in total. The molecule has 2 aliphatic rings. The minimum absolute atomic E-state index is 0.00460. The predicted molar refractivity (Wildman–Crippen MR) is 121 cm³/mol. The number of nitrogens with two attached hydrogens (primary N) is 1. The summed E-state index contributed by atoms with van der Waals surface area (Å²) in [5.41, 5.74) is 6.02. The molecule has 1 atom stereocenters. The third-order valence-corrected chi connectivity index (χ3v) is 6.17. The van der Waals surface area contributed by atoms with Gasteiger partial charge in [-0.25, -0.2) is 4.79 Å². The molecule has 4 rings (SSSR count). The first kappa shape index (κ1) is 21.7. The van der Waals surface area contributed by atoms with Crippen molar-refractivity contribution in [2.45, 2.75) is 25.9 Å². The molecule has 0 aliphatic carbocycles. The van der Waals surface area contributed by atoms with Crippen LogP contribution in [-0.4, -0.2) is 18.4 Å². The number of allylic oxidation sites excluding steroid dienone is 1. The molecule has 0 saturated carbocycles. The van der Waals surface area contributed by atoms with Crippen molar-refractivity contribution in [2.75, 3.05) is 11.4 Å². The summed E-state index contributed by atoms with van der Waals surface area (Å²) in [5.74, 6) is -1.27. The second-order valence-electron chi connectivity index (χ2n) is 7.41. The average molecular weight is 494 g/mol. The molecule has 1 spiro atoms. The molecule has 8 heteroatoms. The van der Waals surface area contributed by atoms with Gasteiger partial charge in [-0.2, -0.15) is 5.26 Å². The summed E-state index contributed by atoms with van der Waals surface area (Å²) in [6.07, 6.45) is 0. The number of ether oxygens (including phenoxy) is 2. The van der Waals surface area contributed by atoms with Crippen LogP contribution in [0.15, 0.2) is 75.8 Å². The number of esters is 1. The Morgan fingerprint density at radius 2 is 2.00 bits per heavy atom. The number of rotatable bonds is 4. The number of carbonyl (C=O) groups excluding carboxylic acids is 2. The Morgan fingerprint density at radius 3 is 2.66 bits per heavy atom. The van der Waals surface area contributed by atoms with Gasteiger partial charge in [0.15, 0.2) is 5.41 Å². The van der Waals surface area contributed by atoms with E-state index in [4.69, 9.17) is 15.2 Å². The van der Waals surface area contributed by atoms with Crippen LogP contribution in [0.2, 0.25) is 0 Å². The molecule has 0 fully saturated rings. The Labute approximate surface area is 193 Å². The molecule has 162 valence electrons. The summed E-state index contributed by atoms with van der Waals surface area (Å²) in [5, 5.41) is 10.0. The molecule has 0 bridgehead atoms. The van der Waals surface area contributed by atoms with Crippen molar-refractivity contribution in [1.82, 2.24) is 0 Å². The molecule has 32 heavy (non-hydrogen) atoms. The second-order valence-corrected chi connectivity index (χ2v) is 8.32. The fourth-order valence-corrected chi connectivity index (χ4v) is 4.70. The maximum absolute atomic E-state index is 13.9. The molecule has 1 amide bonds. The predicted octanol–water partition coefficient (Wildman–Crippen LogP) is 3.79. The lowest BCUT2D eigenvalue weighted by Crippen LogP contribution is -2.48. The Kier molecular flexibility index (Phi) is 5.53. The fourth-order valence-electron chi connectivity index (χ4n) is 4.34. The highest BCUT2D eigenvalue weighted by Gasteiger charge is 2.62. The van der Waals surface area contributed by atoms with Crippen LogP contribution in [0.1, 0.15) is 25.0 Å². The number of fused-ring (bicyclic) bond motifs is 2. The van der Waals surface area contributed by atoms with Gasteiger partial charge in [0, 0.05) is 22.3 Å². The van der Waals surface area contributed by atoms with Crippen molar-refractivity contribution in [3.8, 4) is 6.07 Å². The first-order valence-electron chi connectivity index (χ1n) is 9.98. The standard InChI is InChI=1S/C24H20BrN3O4/c1-3-28-19-10-9-16(25)11-17(19)24(23(28)30)18(12-26)21(27)32-14(2)20(24)22(29)31-13-15-7-5-4-6-8-15/h4-11H,3,13,27H2,1-2H3. The smallest absolute Gasteiger partial charge is 0.339 e. The largest absolute Gasteiger partial charge is 0.457 e. The minimum Gasteiger partial charge on any atom is -0.457 e. The number of halogens is 1. The summed E-state index contributed by atoms with van der Waals surface area (Å²) in [7, 11) is 0. The van der Waals surface area contributed by atoms with E-state index < -0.39 is 17.3 Å². The van der Waals surface area contributed by atoms with Crippen molar-refractivity contribution in [2.24, 2.45) is 5.73 Å². The zero-order chi connectivity index (χ0) is 23.0. The first-order chi connectivity index (χ1) is 15.4. The van der Waals surface area contributed by atoms with Crippen LogP contribution in [0, 0.1) is 11.3 Å². The third-order valence-electron chi connectivity index (χ3n) is 5.68. The lowest BCUT2D eigenvalue weighted by Gasteiger charge is -2.34. The number of carbonyl (C=O) groups is 2. The Hall–Kier alpha value is -3.57. The van der Waals surface area contributed by atoms with Crippen LogP contribution in [0.4, 0.5) is 5.69 Å². The van der Waals surface area contributed by atoms with E-state index >= 15 is 0 Å². The number of anilines is 1. The molecule has 1 unspecified atom stereocenters. The van der Waals surface area contributed by atoms with Crippen molar-refractivity contribution in [3.63, 3.8) is 0 Å². The second kappa shape index (κ2) is 8.17. The number of hydrogen-bond acceptors (Lipinski definition) is 6. The summed E-state index contributed by atoms with van der Waals surface area (Å²) in [6, 6.07) is 16.5. The summed E-state index contributed by atoms with van der Waals surface area (Å²) in [6.45, 7) is 3.72.